The summed E-state index contributed by atoms with van der Waals surface area (Å²) in [5.41, 5.74) is 2.88. The number of likely N-dealkylation sites (tertiary alicyclic amines) is 1. The molecule has 0 atom stereocenters. The quantitative estimate of drug-likeness (QED) is 0.394. The number of sulfonamides is 1. The van der Waals surface area contributed by atoms with Crippen LogP contribution in [0.15, 0.2) is 54.6 Å². The van der Waals surface area contributed by atoms with Gasteiger partial charge in [0, 0.05) is 37.8 Å². The summed E-state index contributed by atoms with van der Waals surface area (Å²) >= 11 is 0. The van der Waals surface area contributed by atoms with E-state index in [9.17, 15) is 18.0 Å². The number of amides is 2. The van der Waals surface area contributed by atoms with E-state index in [0.717, 1.165) is 12.0 Å². The van der Waals surface area contributed by atoms with Gasteiger partial charge < -0.3 is 9.80 Å². The Bertz CT molecular complexity index is 1140. The topological polar surface area (TPSA) is 78.0 Å². The average molecular weight is 542 g/mol. The summed E-state index contributed by atoms with van der Waals surface area (Å²) in [6.07, 6.45) is 2.75. The second kappa shape index (κ2) is 13.9. The fraction of sp³-hybridized carbons (Fsp3) is 0.533. The van der Waals surface area contributed by atoms with Crippen LogP contribution in [0.4, 0.5) is 0 Å². The van der Waals surface area contributed by atoms with Gasteiger partial charge in [0.1, 0.15) is 0 Å². The summed E-state index contributed by atoms with van der Waals surface area (Å²) in [6, 6.07) is 17.5. The van der Waals surface area contributed by atoms with Crippen molar-refractivity contribution >= 4 is 21.8 Å². The van der Waals surface area contributed by atoms with Gasteiger partial charge in [0.25, 0.3) is 5.91 Å². The molecule has 0 radical (unpaired) electrons. The van der Waals surface area contributed by atoms with E-state index in [2.05, 4.69) is 6.92 Å². The van der Waals surface area contributed by atoms with Crippen LogP contribution in [-0.2, 0) is 27.8 Å². The van der Waals surface area contributed by atoms with Gasteiger partial charge in [-0.25, -0.2) is 8.42 Å². The van der Waals surface area contributed by atoms with E-state index in [4.69, 9.17) is 0 Å². The van der Waals surface area contributed by atoms with Crippen molar-refractivity contribution < 1.29 is 18.0 Å². The maximum absolute atomic E-state index is 13.7. The van der Waals surface area contributed by atoms with Crippen molar-refractivity contribution in [1.82, 2.24) is 14.1 Å². The molecule has 2 aromatic rings. The van der Waals surface area contributed by atoms with Crippen LogP contribution in [0.5, 0.6) is 0 Å². The molecule has 208 valence electrons. The highest BCUT2D eigenvalue weighted by Crippen LogP contribution is 2.22. The number of benzene rings is 2. The van der Waals surface area contributed by atoms with Gasteiger partial charge in [-0.05, 0) is 54.9 Å². The largest absolute Gasteiger partial charge is 0.338 e. The normalized spacial score (nSPS) is 14.7. The highest BCUT2D eigenvalue weighted by atomic mass is 32.2. The van der Waals surface area contributed by atoms with Crippen molar-refractivity contribution in [3.05, 3.63) is 71.3 Å². The molecule has 2 amide bonds. The zero-order chi connectivity index (χ0) is 27.7. The second-order valence-corrected chi connectivity index (χ2v) is 12.7. The lowest BCUT2D eigenvalue weighted by atomic mass is 10.0. The standard InChI is InChI=1S/C30H43N3O4S/c1-5-20-38(36,37)32(21-24(3)4)23-29(34)33(22-26-10-8-7-9-11-26)28-16-18-31(19-17-28)30(35)27-14-12-25(6-2)13-15-27/h7-15,24,28H,5-6,16-23H2,1-4H3. The van der Waals surface area contributed by atoms with Gasteiger partial charge in [-0.3, -0.25) is 9.59 Å². The molecule has 7 nitrogen and oxygen atoms in total. The fourth-order valence-electron chi connectivity index (χ4n) is 4.96. The Labute approximate surface area is 228 Å². The lowest BCUT2D eigenvalue weighted by Crippen LogP contribution is -2.51. The summed E-state index contributed by atoms with van der Waals surface area (Å²) in [4.78, 5) is 30.5. The molecule has 1 aliphatic heterocycles. The molecule has 0 aromatic heterocycles. The average Bonchev–Trinajstić information content (AvgIpc) is 2.91. The predicted octanol–water partition coefficient (Wildman–Crippen LogP) is 4.58. The van der Waals surface area contributed by atoms with Crippen LogP contribution in [0, 0.1) is 5.92 Å². The Kier molecular flexibility index (Phi) is 10.9. The molecular formula is C30H43N3O4S. The number of carbonyl (C=O) groups is 2. The fourth-order valence-corrected chi connectivity index (χ4v) is 6.57. The van der Waals surface area contributed by atoms with Crippen molar-refractivity contribution in [2.24, 2.45) is 5.92 Å². The first-order valence-corrected chi connectivity index (χ1v) is 15.4. The number of carbonyl (C=O) groups excluding carboxylic acids is 2. The van der Waals surface area contributed by atoms with Gasteiger partial charge in [0.05, 0.1) is 12.3 Å². The maximum Gasteiger partial charge on any atom is 0.253 e. The minimum absolute atomic E-state index is 0.0146. The Hall–Kier alpha value is -2.71. The van der Waals surface area contributed by atoms with Gasteiger partial charge in [0.15, 0.2) is 0 Å². The van der Waals surface area contributed by atoms with Crippen molar-refractivity contribution in [3.63, 3.8) is 0 Å². The molecule has 1 aliphatic rings. The molecule has 0 N–H and O–H groups in total. The predicted molar refractivity (Wildman–Crippen MR) is 152 cm³/mol. The Morgan fingerprint density at radius 1 is 0.947 bits per heavy atom. The van der Waals surface area contributed by atoms with E-state index in [1.807, 2.05) is 85.2 Å². The molecule has 3 rings (SSSR count). The van der Waals surface area contributed by atoms with Crippen LogP contribution >= 0.6 is 0 Å². The lowest BCUT2D eigenvalue weighted by molar-refractivity contribution is -0.135. The molecule has 0 unspecified atom stereocenters. The minimum Gasteiger partial charge on any atom is -0.338 e. The van der Waals surface area contributed by atoms with Crippen molar-refractivity contribution in [3.8, 4) is 0 Å². The van der Waals surface area contributed by atoms with Crippen molar-refractivity contribution in [2.45, 2.75) is 66.0 Å². The maximum atomic E-state index is 13.7. The number of rotatable bonds is 12. The van der Waals surface area contributed by atoms with Crippen molar-refractivity contribution in [1.29, 1.82) is 0 Å². The summed E-state index contributed by atoms with van der Waals surface area (Å²) in [6.45, 7) is 9.54. The Balaban J connectivity index is 1.75. The van der Waals surface area contributed by atoms with Crippen LogP contribution < -0.4 is 0 Å². The summed E-state index contributed by atoms with van der Waals surface area (Å²) in [5.74, 6) is -0.0293. The molecular weight excluding hydrogens is 498 g/mol. The SMILES string of the molecule is CCCS(=O)(=O)N(CC(=O)N(Cc1ccccc1)C1CCN(C(=O)c2ccc(CC)cc2)CC1)CC(C)C. The van der Waals surface area contributed by atoms with E-state index in [-0.39, 0.29) is 36.1 Å². The zero-order valence-corrected chi connectivity index (χ0v) is 24.1. The van der Waals surface area contributed by atoms with Crippen molar-refractivity contribution in [2.75, 3.05) is 31.9 Å². The number of hydrogen-bond donors (Lipinski definition) is 0. The van der Waals surface area contributed by atoms with Crippen LogP contribution in [0.3, 0.4) is 0 Å². The van der Waals surface area contributed by atoms with E-state index in [0.29, 0.717) is 51.0 Å². The summed E-state index contributed by atoms with van der Waals surface area (Å²) in [5, 5.41) is 0. The first kappa shape index (κ1) is 29.8. The Morgan fingerprint density at radius 3 is 2.13 bits per heavy atom. The summed E-state index contributed by atoms with van der Waals surface area (Å²) < 4.78 is 27.3. The van der Waals surface area contributed by atoms with E-state index in [1.165, 1.54) is 9.87 Å². The third-order valence-corrected chi connectivity index (χ3v) is 9.04. The molecule has 0 aliphatic carbocycles. The third-order valence-electron chi connectivity index (χ3n) is 7.05. The molecule has 0 bridgehead atoms. The molecule has 2 aromatic carbocycles. The Morgan fingerprint density at radius 2 is 1.58 bits per heavy atom. The van der Waals surface area contributed by atoms with E-state index in [1.54, 1.807) is 0 Å². The van der Waals surface area contributed by atoms with E-state index < -0.39 is 10.0 Å². The zero-order valence-electron chi connectivity index (χ0n) is 23.3. The first-order valence-electron chi connectivity index (χ1n) is 13.8. The molecule has 1 fully saturated rings. The number of hydrogen-bond acceptors (Lipinski definition) is 4. The van der Waals surface area contributed by atoms with Crippen LogP contribution in [0.25, 0.3) is 0 Å². The highest BCUT2D eigenvalue weighted by Gasteiger charge is 2.33. The van der Waals surface area contributed by atoms with Gasteiger partial charge in [-0.1, -0.05) is 70.2 Å². The minimum atomic E-state index is -3.52. The first-order chi connectivity index (χ1) is 18.1. The number of aryl methyl sites for hydroxylation is 1. The van der Waals surface area contributed by atoms with Gasteiger partial charge in [-0.2, -0.15) is 4.31 Å². The van der Waals surface area contributed by atoms with Crippen LogP contribution in [0.1, 0.15) is 68.4 Å². The highest BCUT2D eigenvalue weighted by molar-refractivity contribution is 7.89. The second-order valence-electron chi connectivity index (χ2n) is 10.6. The molecule has 8 heteroatoms. The molecule has 38 heavy (non-hydrogen) atoms. The molecule has 0 spiro atoms. The molecule has 1 heterocycles. The van der Waals surface area contributed by atoms with Gasteiger partial charge >= 0.3 is 0 Å². The molecule has 0 saturated carbocycles. The van der Waals surface area contributed by atoms with Crippen LogP contribution in [-0.4, -0.2) is 72.3 Å². The monoisotopic (exact) mass is 541 g/mol. The number of nitrogens with zero attached hydrogens (tertiary/aromatic N) is 3. The van der Waals surface area contributed by atoms with Gasteiger partial charge in [0.2, 0.25) is 15.9 Å². The van der Waals surface area contributed by atoms with Crippen LogP contribution in [0.2, 0.25) is 0 Å². The third kappa shape index (κ3) is 8.14. The van der Waals surface area contributed by atoms with Gasteiger partial charge in [-0.15, -0.1) is 0 Å². The lowest BCUT2D eigenvalue weighted by Gasteiger charge is -2.39. The van der Waals surface area contributed by atoms with E-state index >= 15 is 0 Å². The molecule has 1 saturated heterocycles. The number of piperidine rings is 1. The smallest absolute Gasteiger partial charge is 0.253 e. The summed E-state index contributed by atoms with van der Waals surface area (Å²) in [7, 11) is -3.52.